The van der Waals surface area contributed by atoms with Crippen molar-refractivity contribution in [1.82, 2.24) is 9.38 Å². The van der Waals surface area contributed by atoms with Crippen molar-refractivity contribution in [2.75, 3.05) is 5.32 Å². The number of rotatable bonds is 4. The molecule has 0 radical (unpaired) electrons. The molecule has 4 nitrogen and oxygen atoms in total. The van der Waals surface area contributed by atoms with E-state index in [4.69, 9.17) is 4.98 Å². The van der Waals surface area contributed by atoms with Crippen molar-refractivity contribution >= 4 is 23.3 Å². The minimum absolute atomic E-state index is 0.0713. The number of carbonyl (C=O) groups excluding carboxylic acids is 1. The Labute approximate surface area is 183 Å². The zero-order valence-corrected chi connectivity index (χ0v) is 17.4. The lowest BCUT2D eigenvalue weighted by Gasteiger charge is -2.08. The molecule has 0 unspecified atom stereocenters. The number of halogens is 3. The Morgan fingerprint density at radius 1 is 1.00 bits per heavy atom. The lowest BCUT2D eigenvalue weighted by Crippen LogP contribution is -2.10. The number of alkyl halides is 3. The summed E-state index contributed by atoms with van der Waals surface area (Å²) in [6, 6.07) is 16.3. The van der Waals surface area contributed by atoms with Crippen LogP contribution in [0.15, 0.2) is 72.9 Å². The van der Waals surface area contributed by atoms with Gasteiger partial charge in [0.2, 0.25) is 5.91 Å². The van der Waals surface area contributed by atoms with Gasteiger partial charge in [-0.05, 0) is 55.8 Å². The van der Waals surface area contributed by atoms with Gasteiger partial charge in [0.15, 0.2) is 0 Å². The van der Waals surface area contributed by atoms with E-state index in [-0.39, 0.29) is 5.69 Å². The highest BCUT2D eigenvalue weighted by atomic mass is 19.4. The Kier molecular flexibility index (Phi) is 5.57. The van der Waals surface area contributed by atoms with Gasteiger partial charge in [0, 0.05) is 23.5 Å². The number of pyridine rings is 1. The van der Waals surface area contributed by atoms with Crippen LogP contribution in [-0.4, -0.2) is 15.3 Å². The first-order valence-corrected chi connectivity index (χ1v) is 9.93. The van der Waals surface area contributed by atoms with E-state index >= 15 is 0 Å². The van der Waals surface area contributed by atoms with Gasteiger partial charge in [-0.15, -0.1) is 0 Å². The Bertz CT molecular complexity index is 1320. The van der Waals surface area contributed by atoms with Gasteiger partial charge in [-0.1, -0.05) is 35.9 Å². The van der Waals surface area contributed by atoms with E-state index in [1.807, 2.05) is 60.8 Å². The number of anilines is 1. The molecule has 0 spiro atoms. The highest BCUT2D eigenvalue weighted by Gasteiger charge is 2.30. The predicted molar refractivity (Wildman–Crippen MR) is 119 cm³/mol. The maximum atomic E-state index is 12.9. The second kappa shape index (κ2) is 8.34. The lowest BCUT2D eigenvalue weighted by atomic mass is 10.1. The Morgan fingerprint density at radius 2 is 1.75 bits per heavy atom. The van der Waals surface area contributed by atoms with Gasteiger partial charge in [-0.2, -0.15) is 13.2 Å². The average Bonchev–Trinajstić information content (AvgIpc) is 3.10. The van der Waals surface area contributed by atoms with E-state index < -0.39 is 17.6 Å². The molecule has 7 heteroatoms. The molecule has 4 aromatic rings. The topological polar surface area (TPSA) is 46.4 Å². The maximum absolute atomic E-state index is 12.9. The Balaban J connectivity index is 1.66. The Morgan fingerprint density at radius 3 is 2.47 bits per heavy atom. The summed E-state index contributed by atoms with van der Waals surface area (Å²) >= 11 is 0. The maximum Gasteiger partial charge on any atom is 0.416 e. The fourth-order valence-electron chi connectivity index (χ4n) is 3.36. The first-order valence-electron chi connectivity index (χ1n) is 9.93. The molecule has 0 aliphatic carbocycles. The van der Waals surface area contributed by atoms with Crippen LogP contribution in [0.2, 0.25) is 0 Å². The fraction of sp³-hybridized carbons (Fsp3) is 0.120. The van der Waals surface area contributed by atoms with Gasteiger partial charge in [0.1, 0.15) is 5.65 Å². The second-order valence-corrected chi connectivity index (χ2v) is 7.55. The number of benzene rings is 2. The van der Waals surface area contributed by atoms with E-state index in [1.54, 1.807) is 6.08 Å². The molecule has 162 valence electrons. The molecule has 4 rings (SSSR count). The highest BCUT2D eigenvalue weighted by Crippen LogP contribution is 2.31. The molecular weight excluding hydrogens is 415 g/mol. The summed E-state index contributed by atoms with van der Waals surface area (Å²) in [5.41, 5.74) is 4.46. The number of aryl methyl sites for hydroxylation is 2. The zero-order chi connectivity index (χ0) is 22.9. The van der Waals surface area contributed by atoms with Gasteiger partial charge in [-0.25, -0.2) is 4.98 Å². The van der Waals surface area contributed by atoms with E-state index in [0.29, 0.717) is 11.4 Å². The van der Waals surface area contributed by atoms with E-state index in [1.165, 1.54) is 18.2 Å². The zero-order valence-electron chi connectivity index (χ0n) is 17.4. The van der Waals surface area contributed by atoms with Crippen LogP contribution in [0, 0.1) is 13.8 Å². The number of hydrogen-bond donors (Lipinski definition) is 1. The predicted octanol–water partition coefficient (Wildman–Crippen LogP) is 6.29. The third-order valence-electron chi connectivity index (χ3n) is 4.99. The minimum Gasteiger partial charge on any atom is -0.322 e. The monoisotopic (exact) mass is 435 g/mol. The molecule has 0 fully saturated rings. The van der Waals surface area contributed by atoms with Crippen LogP contribution in [0.5, 0.6) is 0 Å². The molecule has 2 aromatic heterocycles. The molecule has 32 heavy (non-hydrogen) atoms. The summed E-state index contributed by atoms with van der Waals surface area (Å²) in [6.07, 6.45) is 0.308. The van der Waals surface area contributed by atoms with Crippen LogP contribution < -0.4 is 5.32 Å². The van der Waals surface area contributed by atoms with E-state index in [9.17, 15) is 18.0 Å². The fourth-order valence-corrected chi connectivity index (χ4v) is 3.36. The van der Waals surface area contributed by atoms with Crippen molar-refractivity contribution in [1.29, 1.82) is 0 Å². The number of aromatic nitrogens is 2. The summed E-state index contributed by atoms with van der Waals surface area (Å²) in [4.78, 5) is 17.2. The SMILES string of the molecule is Cc1ccc(-c2nc3cc(C)ccn3c2/C=C/C(=O)Nc2cccc(C(F)(F)F)c2)cc1. The summed E-state index contributed by atoms with van der Waals surface area (Å²) in [6.45, 7) is 3.97. The van der Waals surface area contributed by atoms with Crippen molar-refractivity contribution < 1.29 is 18.0 Å². The van der Waals surface area contributed by atoms with Gasteiger partial charge in [-0.3, -0.25) is 9.20 Å². The molecule has 2 aromatic carbocycles. The van der Waals surface area contributed by atoms with E-state index in [0.717, 1.165) is 34.5 Å². The van der Waals surface area contributed by atoms with Gasteiger partial charge in [0.25, 0.3) is 0 Å². The summed E-state index contributed by atoms with van der Waals surface area (Å²) in [5.74, 6) is -0.541. The van der Waals surface area contributed by atoms with Crippen molar-refractivity contribution in [3.63, 3.8) is 0 Å². The third-order valence-corrected chi connectivity index (χ3v) is 4.99. The van der Waals surface area contributed by atoms with Crippen LogP contribution in [0.4, 0.5) is 18.9 Å². The molecule has 2 heterocycles. The van der Waals surface area contributed by atoms with Crippen LogP contribution in [0.1, 0.15) is 22.4 Å². The summed E-state index contributed by atoms with van der Waals surface area (Å²) < 4.78 is 40.6. The number of nitrogens with one attached hydrogen (secondary N) is 1. The quantitative estimate of drug-likeness (QED) is 0.383. The van der Waals surface area contributed by atoms with Gasteiger partial charge < -0.3 is 5.32 Å². The van der Waals surface area contributed by atoms with Crippen LogP contribution in [-0.2, 0) is 11.0 Å². The van der Waals surface area contributed by atoms with Crippen LogP contribution >= 0.6 is 0 Å². The van der Waals surface area contributed by atoms with Crippen molar-refractivity contribution in [2.24, 2.45) is 0 Å². The molecular formula is C25H20F3N3O. The molecule has 0 bridgehead atoms. The van der Waals surface area contributed by atoms with Crippen LogP contribution in [0.3, 0.4) is 0 Å². The molecule has 1 N–H and O–H groups in total. The molecule has 0 aliphatic heterocycles. The number of imidazole rings is 1. The lowest BCUT2D eigenvalue weighted by molar-refractivity contribution is -0.137. The van der Waals surface area contributed by atoms with Crippen LogP contribution in [0.25, 0.3) is 23.0 Å². The largest absolute Gasteiger partial charge is 0.416 e. The van der Waals surface area contributed by atoms with E-state index in [2.05, 4.69) is 5.32 Å². The van der Waals surface area contributed by atoms with Crippen molar-refractivity contribution in [3.8, 4) is 11.3 Å². The number of nitrogens with zero attached hydrogens (tertiary/aromatic N) is 2. The number of fused-ring (bicyclic) bond motifs is 1. The Hall–Kier alpha value is -3.87. The number of amides is 1. The summed E-state index contributed by atoms with van der Waals surface area (Å²) in [7, 11) is 0. The number of carbonyl (C=O) groups is 1. The van der Waals surface area contributed by atoms with Crippen molar-refractivity contribution in [2.45, 2.75) is 20.0 Å². The molecule has 0 saturated heterocycles. The number of hydrogen-bond acceptors (Lipinski definition) is 2. The molecule has 0 aliphatic rings. The first-order chi connectivity index (χ1) is 15.2. The van der Waals surface area contributed by atoms with Crippen molar-refractivity contribution in [3.05, 3.63) is 95.3 Å². The van der Waals surface area contributed by atoms with Gasteiger partial charge >= 0.3 is 6.18 Å². The standard InChI is InChI=1S/C25H20F3N3O/c1-16-6-8-18(9-7-16)24-21(31-13-12-17(2)14-22(31)30-24)10-11-23(32)29-20-5-3-4-19(15-20)25(26,27)28/h3-15H,1-2H3,(H,29,32)/b11-10+. The second-order valence-electron chi connectivity index (χ2n) is 7.55. The molecule has 0 atom stereocenters. The average molecular weight is 435 g/mol. The normalized spacial score (nSPS) is 11.9. The smallest absolute Gasteiger partial charge is 0.322 e. The highest BCUT2D eigenvalue weighted by molar-refractivity contribution is 6.02. The molecule has 1 amide bonds. The molecule has 0 saturated carbocycles. The summed E-state index contributed by atoms with van der Waals surface area (Å²) in [5, 5.41) is 2.49. The minimum atomic E-state index is -4.48. The van der Waals surface area contributed by atoms with Gasteiger partial charge in [0.05, 0.1) is 17.0 Å². The third kappa shape index (κ3) is 4.56. The first kappa shape index (κ1) is 21.4.